The summed E-state index contributed by atoms with van der Waals surface area (Å²) in [6, 6.07) is 69.9. The van der Waals surface area contributed by atoms with E-state index in [2.05, 4.69) is 48.6 Å². The molecule has 0 aliphatic carbocycles. The zero-order valence-corrected chi connectivity index (χ0v) is 41.9. The molecule has 0 aliphatic heterocycles. The van der Waals surface area contributed by atoms with E-state index in [4.69, 9.17) is 15.0 Å². The van der Waals surface area contributed by atoms with Gasteiger partial charge in [-0.25, -0.2) is 15.0 Å². The van der Waals surface area contributed by atoms with E-state index in [1.165, 1.54) is 36.4 Å². The van der Waals surface area contributed by atoms with Gasteiger partial charge in [0.25, 0.3) is 0 Å². The summed E-state index contributed by atoms with van der Waals surface area (Å²) in [7, 11) is 0. The molecule has 11 aromatic rings. The van der Waals surface area contributed by atoms with Crippen LogP contribution in [0.3, 0.4) is 0 Å². The minimum atomic E-state index is 0.0740. The number of hydrogen-bond donors (Lipinski definition) is 0. The molecule has 0 unspecified atom stereocenters. The van der Waals surface area contributed by atoms with Crippen molar-refractivity contribution in [2.45, 2.75) is 0 Å². The highest BCUT2D eigenvalue weighted by atomic mass is 15.0. The lowest BCUT2D eigenvalue weighted by Gasteiger charge is -2.22. The van der Waals surface area contributed by atoms with Gasteiger partial charge in [0.15, 0.2) is 17.5 Å². The van der Waals surface area contributed by atoms with Crippen molar-refractivity contribution in [3.63, 3.8) is 0 Å². The van der Waals surface area contributed by atoms with Crippen LogP contribution in [0.5, 0.6) is 0 Å². The van der Waals surface area contributed by atoms with Crippen LogP contribution in [0.1, 0.15) is 55.6 Å². The summed E-state index contributed by atoms with van der Waals surface area (Å²) in [5.74, 6) is 0.954. The standard InChI is InChI=1S/C67H28N14/c68-29-39-15-40(30-69)18-49(17-39)56-27-51(67-79-65(45-7-3-1-4-8-45)78-66(80-67)46-9-5-2-6-10-46)28-57(50-19-41(31-70)16-42(20-50)32-71)64(56)81-60-13-11-47(62-52(35-74)21-43(33-72)22-53(62)36-75)25-58(60)59-26-48(12-14-61(59)81)63-54(37-76)23-44(34-73)24-55(63)38-77/h1-28H. The van der Waals surface area contributed by atoms with Crippen molar-refractivity contribution in [3.8, 4) is 145 Å². The van der Waals surface area contributed by atoms with Gasteiger partial charge in [-0.2, -0.15) is 52.6 Å². The van der Waals surface area contributed by atoms with Gasteiger partial charge in [-0.1, -0.05) is 72.8 Å². The monoisotopic (exact) mass is 1030 g/mol. The Morgan fingerprint density at radius 1 is 0.272 bits per heavy atom. The average Bonchev–Trinajstić information content (AvgIpc) is 4.04. The molecule has 14 heteroatoms. The van der Waals surface area contributed by atoms with E-state index >= 15 is 0 Å². The van der Waals surface area contributed by atoms with E-state index < -0.39 is 0 Å². The molecule has 0 amide bonds. The van der Waals surface area contributed by atoms with Gasteiger partial charge >= 0.3 is 0 Å². The Balaban J connectivity index is 1.34. The quantitative estimate of drug-likeness (QED) is 0.137. The van der Waals surface area contributed by atoms with Crippen LogP contribution in [0, 0.1) is 113 Å². The molecule has 0 saturated carbocycles. The fraction of sp³-hybridized carbons (Fsp3) is 0. The highest BCUT2D eigenvalue weighted by Crippen LogP contribution is 2.47. The molecule has 0 radical (unpaired) electrons. The largest absolute Gasteiger partial charge is 0.308 e. The molecule has 2 aromatic heterocycles. The van der Waals surface area contributed by atoms with Gasteiger partial charge in [0.05, 0.1) is 133 Å². The molecular formula is C67H28N14. The number of fused-ring (bicyclic) bond motifs is 3. The summed E-state index contributed by atoms with van der Waals surface area (Å²) in [6.07, 6.45) is 0. The molecule has 366 valence electrons. The Labute approximate surface area is 462 Å². The minimum absolute atomic E-state index is 0.0740. The zero-order valence-electron chi connectivity index (χ0n) is 41.9. The fourth-order valence-electron chi connectivity index (χ4n) is 10.2. The maximum Gasteiger partial charge on any atom is 0.164 e. The molecule has 0 fully saturated rings. The van der Waals surface area contributed by atoms with Gasteiger partial charge in [0.1, 0.15) is 0 Å². The van der Waals surface area contributed by atoms with Crippen molar-refractivity contribution in [3.05, 3.63) is 225 Å². The highest BCUT2D eigenvalue weighted by molar-refractivity contribution is 6.13. The van der Waals surface area contributed by atoms with Gasteiger partial charge in [0, 0.05) is 49.7 Å². The SMILES string of the molecule is N#Cc1cc(C#N)cc(-c2cc(-c3nc(-c4ccccc4)nc(-c4ccccc4)n3)cc(-c3cc(C#N)cc(C#N)c3)c2-n2c3ccc(-c4c(C#N)cc(C#N)cc4C#N)cc3c3cc(-c4c(C#N)cc(C#N)cc4C#N)ccc32)c1. The third kappa shape index (κ3) is 8.94. The first kappa shape index (κ1) is 49.9. The number of nitrogens with zero attached hydrogens (tertiary/aromatic N) is 14. The minimum Gasteiger partial charge on any atom is -0.308 e. The second kappa shape index (κ2) is 20.8. The average molecular weight is 1030 g/mol. The lowest BCUT2D eigenvalue weighted by molar-refractivity contribution is 1.07. The number of benzene rings is 9. The van der Waals surface area contributed by atoms with Crippen molar-refractivity contribution >= 4 is 21.8 Å². The molecule has 2 heterocycles. The third-order valence-electron chi connectivity index (χ3n) is 13.7. The number of rotatable bonds is 8. The molecular weight excluding hydrogens is 1000 g/mol. The van der Waals surface area contributed by atoms with E-state index in [-0.39, 0.29) is 72.6 Å². The molecule has 0 atom stereocenters. The molecule has 14 nitrogen and oxygen atoms in total. The van der Waals surface area contributed by atoms with Crippen molar-refractivity contribution in [2.75, 3.05) is 0 Å². The van der Waals surface area contributed by atoms with Gasteiger partial charge in [-0.15, -0.1) is 0 Å². The van der Waals surface area contributed by atoms with E-state index in [9.17, 15) is 52.6 Å². The van der Waals surface area contributed by atoms with Crippen LogP contribution in [-0.4, -0.2) is 19.5 Å². The van der Waals surface area contributed by atoms with Crippen LogP contribution in [0.4, 0.5) is 0 Å². The summed E-state index contributed by atoms with van der Waals surface area (Å²) in [6.45, 7) is 0. The Kier molecular flexibility index (Phi) is 12.8. The molecule has 81 heavy (non-hydrogen) atoms. The summed E-state index contributed by atoms with van der Waals surface area (Å²) in [5, 5.41) is 105. The van der Waals surface area contributed by atoms with Crippen molar-refractivity contribution in [1.29, 1.82) is 52.6 Å². The van der Waals surface area contributed by atoms with Gasteiger partial charge in [0.2, 0.25) is 0 Å². The Bertz CT molecular complexity index is 4560. The lowest BCUT2D eigenvalue weighted by Crippen LogP contribution is -2.05. The Morgan fingerprint density at radius 2 is 0.593 bits per heavy atom. The molecule has 0 aliphatic rings. The first-order chi connectivity index (χ1) is 39.6. The fourth-order valence-corrected chi connectivity index (χ4v) is 10.2. The zero-order chi connectivity index (χ0) is 56.3. The maximum absolute atomic E-state index is 10.5. The summed E-state index contributed by atoms with van der Waals surface area (Å²) in [5.41, 5.74) is 7.64. The predicted molar refractivity (Wildman–Crippen MR) is 299 cm³/mol. The van der Waals surface area contributed by atoms with Crippen LogP contribution < -0.4 is 0 Å². The van der Waals surface area contributed by atoms with Crippen molar-refractivity contribution in [1.82, 2.24) is 19.5 Å². The molecule has 9 aromatic carbocycles. The Hall–Kier alpha value is -13.3. The molecule has 0 spiro atoms. The predicted octanol–water partition coefficient (Wildman–Crippen LogP) is 13.4. The van der Waals surface area contributed by atoms with E-state index in [0.29, 0.717) is 89.2 Å². The van der Waals surface area contributed by atoms with Crippen molar-refractivity contribution in [2.24, 2.45) is 0 Å². The van der Waals surface area contributed by atoms with E-state index in [1.54, 1.807) is 60.7 Å². The van der Waals surface area contributed by atoms with Crippen LogP contribution in [-0.2, 0) is 0 Å². The molecule has 11 rings (SSSR count). The van der Waals surface area contributed by atoms with E-state index in [0.717, 1.165) is 0 Å². The summed E-state index contributed by atoms with van der Waals surface area (Å²) >= 11 is 0. The molecule has 0 N–H and O–H groups in total. The first-order valence-corrected chi connectivity index (χ1v) is 24.5. The second-order valence-electron chi connectivity index (χ2n) is 18.4. The highest BCUT2D eigenvalue weighted by Gasteiger charge is 2.26. The Morgan fingerprint density at radius 3 is 0.914 bits per heavy atom. The normalized spacial score (nSPS) is 10.3. The van der Waals surface area contributed by atoms with Crippen LogP contribution in [0.25, 0.3) is 106 Å². The number of hydrogen-bond acceptors (Lipinski definition) is 13. The van der Waals surface area contributed by atoms with Crippen LogP contribution in [0.2, 0.25) is 0 Å². The number of nitriles is 10. The first-order valence-electron chi connectivity index (χ1n) is 24.5. The number of aromatic nitrogens is 4. The second-order valence-corrected chi connectivity index (χ2v) is 18.4. The van der Waals surface area contributed by atoms with E-state index in [1.807, 2.05) is 89.5 Å². The maximum atomic E-state index is 10.5. The molecule has 0 bridgehead atoms. The molecule has 0 saturated heterocycles. The third-order valence-corrected chi connectivity index (χ3v) is 13.7. The van der Waals surface area contributed by atoms with Crippen molar-refractivity contribution < 1.29 is 0 Å². The summed E-state index contributed by atoms with van der Waals surface area (Å²) < 4.78 is 1.95. The van der Waals surface area contributed by atoms with Gasteiger partial charge < -0.3 is 4.57 Å². The smallest absolute Gasteiger partial charge is 0.164 e. The lowest BCUT2D eigenvalue weighted by atomic mass is 9.90. The van der Waals surface area contributed by atoms with Gasteiger partial charge in [-0.05, 0) is 119 Å². The van der Waals surface area contributed by atoms with Gasteiger partial charge in [-0.3, -0.25) is 0 Å². The van der Waals surface area contributed by atoms with Crippen LogP contribution in [0.15, 0.2) is 170 Å². The van der Waals surface area contributed by atoms with Crippen LogP contribution >= 0.6 is 0 Å². The summed E-state index contributed by atoms with van der Waals surface area (Å²) in [4.78, 5) is 15.1. The topological polar surface area (TPSA) is 282 Å².